The van der Waals surface area contributed by atoms with Gasteiger partial charge in [0.05, 0.1) is 0 Å². The Morgan fingerprint density at radius 3 is 0.418 bits per heavy atom. The minimum Gasteiger partial charge on any atom is -0.196 e. The van der Waals surface area contributed by atoms with Gasteiger partial charge in [-0.25, -0.2) is 0 Å². The molecule has 0 heterocycles. The lowest BCUT2D eigenvalue weighted by Crippen LogP contribution is -2.77. The Labute approximate surface area is 393 Å². The van der Waals surface area contributed by atoms with Crippen molar-refractivity contribution in [2.75, 3.05) is 0 Å². The van der Waals surface area contributed by atoms with Crippen LogP contribution in [0.4, 0.5) is 211 Å². The molecule has 56 heteroatoms. The van der Waals surface area contributed by atoms with Crippen molar-refractivity contribution in [1.29, 1.82) is 0 Å². The lowest BCUT2D eigenvalue weighted by Gasteiger charge is -2.44. The third kappa shape index (κ3) is 9.17. The Hall–Kier alpha value is -3.54. The van der Waals surface area contributed by atoms with E-state index in [9.17, 15) is 214 Å². The van der Waals surface area contributed by atoms with E-state index in [0.717, 1.165) is 0 Å². The molecule has 0 spiro atoms. The number of hydrogen-bond acceptors (Lipinski definition) is 6. The molecule has 0 fully saturated rings. The maximum absolute atomic E-state index is 15.9. The van der Waals surface area contributed by atoms with Crippen molar-refractivity contribution in [3.05, 3.63) is 0 Å². The molecule has 0 bridgehead atoms. The Morgan fingerprint density at radius 2 is 0.278 bits per heavy atom. The fourth-order valence-corrected chi connectivity index (χ4v) is 7.25. The van der Waals surface area contributed by atoms with Crippen LogP contribution in [0.5, 0.6) is 0 Å². The van der Waals surface area contributed by atoms with Crippen LogP contribution in [0.1, 0.15) is 0 Å². The van der Waals surface area contributed by atoms with Gasteiger partial charge in [0.15, 0.2) is 0 Å². The number of alkyl halides is 48. The van der Waals surface area contributed by atoms with E-state index < -0.39 is 156 Å². The summed E-state index contributed by atoms with van der Waals surface area (Å²) in [6, 6.07) is 0. The SMILES string of the molecule is O=S(=O)(OC(F)(F)C(F)(F)C(F)(F)C(F)(F)C(F)(F)C(F)(F)C(F)(F)C(F)(F)F)C(F)(C(F)(F)C(F)(F)C(F)(F)C(F)(F)C(F)(F)C(F)(F)F)S(=O)(=O)OC(F)(F)C(F)(F)C(F)(F)C(F)(F)C(F)(F)C(F)(F)C(F)(F)C(F)(F)F. The van der Waals surface area contributed by atoms with Crippen LogP contribution < -0.4 is 0 Å². The topological polar surface area (TPSA) is 86.7 Å². The Bertz CT molecular complexity index is 2340. The average Bonchev–Trinajstić information content (AvgIpc) is 3.16. The van der Waals surface area contributed by atoms with Crippen molar-refractivity contribution in [2.24, 2.45) is 0 Å². The number of halogens is 48. The highest BCUT2D eigenvalue weighted by atomic mass is 32.3. The summed E-state index contributed by atoms with van der Waals surface area (Å²) in [4.78, 5) is 0. The van der Waals surface area contributed by atoms with Gasteiger partial charge in [-0.05, 0) is 0 Å². The van der Waals surface area contributed by atoms with Crippen LogP contribution in [0.2, 0.25) is 0 Å². The van der Waals surface area contributed by atoms with Crippen molar-refractivity contribution >= 4 is 20.2 Å². The zero-order valence-electron chi connectivity index (χ0n) is 32.9. The first kappa shape index (κ1) is 75.5. The second-order valence-corrected chi connectivity index (χ2v) is 17.4. The summed E-state index contributed by atoms with van der Waals surface area (Å²) in [7, 11) is -23.7. The van der Waals surface area contributed by atoms with E-state index in [1.165, 1.54) is 0 Å². The molecular formula is C23F48O6S2. The molecule has 0 aromatic carbocycles. The lowest BCUT2D eigenvalue weighted by molar-refractivity contribution is -0.472. The molecule has 0 saturated carbocycles. The van der Waals surface area contributed by atoms with Gasteiger partial charge in [0.2, 0.25) is 0 Å². The molecule has 0 atom stereocenters. The minimum atomic E-state index is -11.8. The minimum absolute atomic E-state index is 0.368. The van der Waals surface area contributed by atoms with Crippen molar-refractivity contribution in [3.63, 3.8) is 0 Å². The molecule has 0 unspecified atom stereocenters. The van der Waals surface area contributed by atoms with Gasteiger partial charge in [0, 0.05) is 0 Å². The van der Waals surface area contributed by atoms with Gasteiger partial charge in [-0.3, -0.25) is 0 Å². The molecule has 0 radical (unpaired) electrons. The molecular weight excluding hydrogens is 1350 g/mol. The fraction of sp³-hybridized carbons (Fsp3) is 1.00. The van der Waals surface area contributed by atoms with Crippen LogP contribution in [-0.2, 0) is 28.6 Å². The zero-order valence-corrected chi connectivity index (χ0v) is 34.5. The monoisotopic (exact) mass is 1350 g/mol. The summed E-state index contributed by atoms with van der Waals surface area (Å²) in [5, 5.41) is 0. The standard InChI is InChI=1S/C23F48O6S2/c24-1(25,6(34,35)12(46,47)18(58,59)60)3(28,29)9(40,41)15(52,53)21(67,68)76-78(72,73)23(71,17(56,57)11(44,45)5(32,33)8(38,39)14(50,51)20(64,65)66)79(74,75)77-22(69,70)16(54,55)10(42,43)4(30,31)2(26,27)7(36,37)13(48,49)19(61,62)63. The average molecular weight is 1350 g/mol. The summed E-state index contributed by atoms with van der Waals surface area (Å²) in [6.45, 7) is 0. The van der Waals surface area contributed by atoms with Crippen molar-refractivity contribution in [2.45, 2.75) is 136 Å². The molecule has 0 saturated heterocycles. The molecule has 0 N–H and O–H groups in total. The van der Waals surface area contributed by atoms with Gasteiger partial charge >= 0.3 is 156 Å². The van der Waals surface area contributed by atoms with E-state index in [0.29, 0.717) is 8.37 Å². The highest BCUT2D eigenvalue weighted by molar-refractivity contribution is 8.06. The molecule has 0 amide bonds. The molecule has 79 heavy (non-hydrogen) atoms. The highest BCUT2D eigenvalue weighted by Gasteiger charge is 3.01. The van der Waals surface area contributed by atoms with E-state index in [4.69, 9.17) is 0 Å². The lowest BCUT2D eigenvalue weighted by atomic mass is 9.91. The van der Waals surface area contributed by atoms with E-state index in [2.05, 4.69) is 0 Å². The Morgan fingerprint density at radius 1 is 0.165 bits per heavy atom. The Balaban J connectivity index is 9.24. The van der Waals surface area contributed by atoms with E-state index >= 15 is 13.2 Å². The van der Waals surface area contributed by atoms with Gasteiger partial charge in [-0.2, -0.15) is 236 Å². The first-order valence-corrected chi connectivity index (χ1v) is 18.7. The summed E-state index contributed by atoms with van der Waals surface area (Å²) in [5.41, 5.74) is 0. The number of hydrogen-bond donors (Lipinski definition) is 0. The molecule has 0 aromatic rings. The van der Waals surface area contributed by atoms with Gasteiger partial charge in [0.25, 0.3) is 0 Å². The Kier molecular flexibility index (Phi) is 17.4. The van der Waals surface area contributed by atoms with Gasteiger partial charge in [-0.15, -0.1) is 0 Å². The normalized spacial score (nSPS) is 17.4. The van der Waals surface area contributed by atoms with Gasteiger partial charge < -0.3 is 0 Å². The molecule has 6 nitrogen and oxygen atoms in total. The largest absolute Gasteiger partial charge is 0.460 e. The van der Waals surface area contributed by atoms with Crippen molar-refractivity contribution in [1.82, 2.24) is 0 Å². The predicted octanol–water partition coefficient (Wildman–Crippen LogP) is 14.0. The molecule has 0 aromatic heterocycles. The maximum Gasteiger partial charge on any atom is 0.460 e. The summed E-state index contributed by atoms with van der Waals surface area (Å²) in [5.74, 6) is -173. The molecule has 0 aliphatic carbocycles. The van der Waals surface area contributed by atoms with Crippen LogP contribution >= 0.6 is 0 Å². The van der Waals surface area contributed by atoms with E-state index in [1.807, 2.05) is 0 Å². The van der Waals surface area contributed by atoms with Crippen LogP contribution in [0.3, 0.4) is 0 Å². The predicted molar refractivity (Wildman–Crippen MR) is 136 cm³/mol. The smallest absolute Gasteiger partial charge is 0.196 e. The van der Waals surface area contributed by atoms with Crippen LogP contribution in [-0.4, -0.2) is 153 Å². The quantitative estimate of drug-likeness (QED) is 0.0748. The van der Waals surface area contributed by atoms with Gasteiger partial charge in [-0.1, -0.05) is 0 Å². The summed E-state index contributed by atoms with van der Waals surface area (Å²) in [6.07, 6.45) is -46.9. The second-order valence-electron chi connectivity index (χ2n) is 13.9. The number of rotatable bonds is 23. The maximum atomic E-state index is 15.9. The van der Waals surface area contributed by atoms with Crippen molar-refractivity contribution < 1.29 is 236 Å². The highest BCUT2D eigenvalue weighted by Crippen LogP contribution is 2.69. The zero-order chi connectivity index (χ0) is 65.9. The van der Waals surface area contributed by atoms with Crippen LogP contribution in [0.25, 0.3) is 0 Å². The summed E-state index contributed by atoms with van der Waals surface area (Å²) < 4.78 is 693. The molecule has 476 valence electrons. The second kappa shape index (κ2) is 18.2. The molecule has 0 rings (SSSR count). The van der Waals surface area contributed by atoms with Gasteiger partial charge in [0.1, 0.15) is 0 Å². The third-order valence-corrected chi connectivity index (χ3v) is 12.6. The fourth-order valence-electron chi connectivity index (χ4n) is 4.18. The summed E-state index contributed by atoms with van der Waals surface area (Å²) >= 11 is 0. The third-order valence-electron chi connectivity index (χ3n) is 8.77. The van der Waals surface area contributed by atoms with Crippen molar-refractivity contribution in [3.8, 4) is 0 Å². The van der Waals surface area contributed by atoms with E-state index in [1.54, 1.807) is 0 Å². The first-order valence-electron chi connectivity index (χ1n) is 15.9. The molecule has 0 aliphatic rings. The van der Waals surface area contributed by atoms with Crippen LogP contribution in [0.15, 0.2) is 0 Å². The molecule has 0 aliphatic heterocycles. The van der Waals surface area contributed by atoms with Crippen LogP contribution in [0, 0.1) is 0 Å². The first-order chi connectivity index (χ1) is 32.9. The van der Waals surface area contributed by atoms with E-state index in [-0.39, 0.29) is 0 Å².